The maximum Gasteiger partial charge on any atom is 0.457 e. The molecule has 2 rings (SSSR count). The van der Waals surface area contributed by atoms with Gasteiger partial charge < -0.3 is 5.11 Å². The third-order valence-electron chi connectivity index (χ3n) is 3.61. The molecule has 23 heavy (non-hydrogen) atoms. The van der Waals surface area contributed by atoms with E-state index in [1.54, 1.807) is 0 Å². The fourth-order valence-electron chi connectivity index (χ4n) is 2.38. The quantitative estimate of drug-likeness (QED) is 0.765. The van der Waals surface area contributed by atoms with E-state index in [2.05, 4.69) is 0 Å². The Kier molecular flexibility index (Phi) is 4.43. The van der Waals surface area contributed by atoms with Crippen molar-refractivity contribution in [1.29, 1.82) is 0 Å². The monoisotopic (exact) mass is 350 g/mol. The van der Waals surface area contributed by atoms with Crippen molar-refractivity contribution in [3.63, 3.8) is 0 Å². The second-order valence-corrected chi connectivity index (χ2v) is 5.54. The highest BCUT2D eigenvalue weighted by Gasteiger charge is 2.71. The van der Waals surface area contributed by atoms with Gasteiger partial charge in [-0.3, -0.25) is 0 Å². The summed E-state index contributed by atoms with van der Waals surface area (Å²) in [6, 6.07) is 9.36. The molecule has 0 saturated carbocycles. The molecule has 1 unspecified atom stereocenters. The van der Waals surface area contributed by atoms with E-state index in [4.69, 9.17) is 11.6 Å². The molecular weight excluding hydrogens is 339 g/mol. The van der Waals surface area contributed by atoms with Gasteiger partial charge in [0.05, 0.1) is 0 Å². The van der Waals surface area contributed by atoms with Gasteiger partial charge in [-0.1, -0.05) is 48.0 Å². The van der Waals surface area contributed by atoms with Crippen LogP contribution in [0.1, 0.15) is 16.7 Å². The molecule has 0 aliphatic rings. The van der Waals surface area contributed by atoms with Crippen molar-refractivity contribution >= 4 is 11.6 Å². The zero-order chi connectivity index (χ0) is 17.5. The van der Waals surface area contributed by atoms with E-state index in [1.165, 1.54) is 25.1 Å². The molecule has 0 aromatic heterocycles. The van der Waals surface area contributed by atoms with Crippen molar-refractivity contribution in [3.8, 4) is 0 Å². The molecule has 1 N–H and O–H groups in total. The molecule has 1 atom stereocenters. The lowest BCUT2D eigenvalue weighted by Crippen LogP contribution is -2.55. The van der Waals surface area contributed by atoms with Crippen molar-refractivity contribution in [2.24, 2.45) is 0 Å². The molecular formula is C16H12ClF5O. The van der Waals surface area contributed by atoms with Crippen LogP contribution >= 0.6 is 11.6 Å². The molecule has 2 aromatic rings. The SMILES string of the molecule is Cc1ccccc1C(O)(c1ccc(Cl)cc1)C(F)(F)C(F)(F)F. The Bertz CT molecular complexity index is 696. The van der Waals surface area contributed by atoms with Gasteiger partial charge in [0, 0.05) is 5.02 Å². The van der Waals surface area contributed by atoms with Crippen LogP contribution in [0.2, 0.25) is 5.02 Å². The Morgan fingerprint density at radius 3 is 1.87 bits per heavy atom. The van der Waals surface area contributed by atoms with Gasteiger partial charge >= 0.3 is 12.1 Å². The molecule has 0 fully saturated rings. The number of hydrogen-bond donors (Lipinski definition) is 1. The summed E-state index contributed by atoms with van der Waals surface area (Å²) in [7, 11) is 0. The predicted octanol–water partition coefficient (Wildman–Crippen LogP) is 5.08. The van der Waals surface area contributed by atoms with Gasteiger partial charge in [-0.2, -0.15) is 22.0 Å². The van der Waals surface area contributed by atoms with E-state index < -0.39 is 28.8 Å². The molecule has 0 heterocycles. The Morgan fingerprint density at radius 2 is 1.39 bits per heavy atom. The molecule has 124 valence electrons. The van der Waals surface area contributed by atoms with Crippen LogP contribution in [0, 0.1) is 6.92 Å². The van der Waals surface area contributed by atoms with E-state index in [0.717, 1.165) is 30.3 Å². The summed E-state index contributed by atoms with van der Waals surface area (Å²) in [4.78, 5) is 0. The lowest BCUT2D eigenvalue weighted by Gasteiger charge is -2.38. The molecule has 0 spiro atoms. The van der Waals surface area contributed by atoms with Crippen molar-refractivity contribution in [1.82, 2.24) is 0 Å². The molecule has 7 heteroatoms. The number of aryl methyl sites for hydroxylation is 1. The fourth-order valence-corrected chi connectivity index (χ4v) is 2.51. The molecule has 2 aromatic carbocycles. The van der Waals surface area contributed by atoms with E-state index >= 15 is 0 Å². The molecule has 0 aliphatic heterocycles. The summed E-state index contributed by atoms with van der Waals surface area (Å²) < 4.78 is 67.4. The van der Waals surface area contributed by atoms with Gasteiger partial charge in [0.1, 0.15) is 0 Å². The molecule has 0 bridgehead atoms. The molecule has 0 radical (unpaired) electrons. The fraction of sp³-hybridized carbons (Fsp3) is 0.250. The van der Waals surface area contributed by atoms with E-state index in [-0.39, 0.29) is 10.6 Å². The van der Waals surface area contributed by atoms with E-state index in [9.17, 15) is 27.1 Å². The van der Waals surface area contributed by atoms with Crippen LogP contribution in [0.5, 0.6) is 0 Å². The van der Waals surface area contributed by atoms with Crippen LogP contribution in [0.3, 0.4) is 0 Å². The summed E-state index contributed by atoms with van der Waals surface area (Å²) >= 11 is 5.65. The van der Waals surface area contributed by atoms with Gasteiger partial charge in [0.15, 0.2) is 5.60 Å². The van der Waals surface area contributed by atoms with Gasteiger partial charge in [0.2, 0.25) is 0 Å². The van der Waals surface area contributed by atoms with Gasteiger partial charge in [0.25, 0.3) is 0 Å². The highest BCUT2D eigenvalue weighted by molar-refractivity contribution is 6.30. The molecule has 0 aliphatic carbocycles. The number of rotatable bonds is 3. The Balaban J connectivity index is 2.80. The highest BCUT2D eigenvalue weighted by Crippen LogP contribution is 2.52. The minimum Gasteiger partial charge on any atom is -0.374 e. The Morgan fingerprint density at radius 1 is 0.870 bits per heavy atom. The van der Waals surface area contributed by atoms with Crippen molar-refractivity contribution < 1.29 is 27.1 Å². The van der Waals surface area contributed by atoms with E-state index in [1.807, 2.05) is 0 Å². The topological polar surface area (TPSA) is 20.2 Å². The average molecular weight is 351 g/mol. The summed E-state index contributed by atoms with van der Waals surface area (Å²) in [5, 5.41) is 10.7. The van der Waals surface area contributed by atoms with Gasteiger partial charge in [-0.05, 0) is 35.7 Å². The first-order chi connectivity index (χ1) is 10.5. The number of halogens is 6. The van der Waals surface area contributed by atoms with Crippen molar-refractivity contribution in [2.45, 2.75) is 24.6 Å². The second kappa shape index (κ2) is 5.76. The van der Waals surface area contributed by atoms with Crippen molar-refractivity contribution in [2.75, 3.05) is 0 Å². The number of aliphatic hydroxyl groups is 1. The minimum atomic E-state index is -5.94. The number of hydrogen-bond acceptors (Lipinski definition) is 1. The standard InChI is InChI=1S/C16H12ClF5O/c1-10-4-2-3-5-13(10)14(23,15(18,19)16(20,21)22)11-6-8-12(17)9-7-11/h2-9,23H,1H3. The highest BCUT2D eigenvalue weighted by atomic mass is 35.5. The third kappa shape index (κ3) is 2.81. The maximum atomic E-state index is 14.2. The zero-order valence-corrected chi connectivity index (χ0v) is 12.6. The molecule has 0 amide bonds. The second-order valence-electron chi connectivity index (χ2n) is 5.10. The summed E-state index contributed by atoms with van der Waals surface area (Å²) in [6.45, 7) is 1.35. The average Bonchev–Trinajstić information content (AvgIpc) is 2.46. The number of benzene rings is 2. The summed E-state index contributed by atoms with van der Waals surface area (Å²) in [5.41, 5.74) is -4.58. The lowest BCUT2D eigenvalue weighted by molar-refractivity contribution is -0.336. The first-order valence-electron chi connectivity index (χ1n) is 6.51. The van der Waals surface area contributed by atoms with Crippen LogP contribution < -0.4 is 0 Å². The minimum absolute atomic E-state index is 0.105. The first-order valence-corrected chi connectivity index (χ1v) is 6.88. The zero-order valence-electron chi connectivity index (χ0n) is 11.8. The van der Waals surface area contributed by atoms with E-state index in [0.29, 0.717) is 0 Å². The lowest BCUT2D eigenvalue weighted by atomic mass is 9.78. The Labute approximate surface area is 134 Å². The predicted molar refractivity (Wildman–Crippen MR) is 76.6 cm³/mol. The van der Waals surface area contributed by atoms with Gasteiger partial charge in [-0.25, -0.2) is 0 Å². The maximum absolute atomic E-state index is 14.2. The summed E-state index contributed by atoms with van der Waals surface area (Å²) in [6.07, 6.45) is -5.94. The molecule has 0 saturated heterocycles. The van der Waals surface area contributed by atoms with Crippen LogP contribution in [-0.4, -0.2) is 17.2 Å². The third-order valence-corrected chi connectivity index (χ3v) is 3.86. The van der Waals surface area contributed by atoms with Crippen LogP contribution in [0.15, 0.2) is 48.5 Å². The van der Waals surface area contributed by atoms with Crippen LogP contribution in [0.4, 0.5) is 22.0 Å². The largest absolute Gasteiger partial charge is 0.457 e. The smallest absolute Gasteiger partial charge is 0.374 e. The van der Waals surface area contributed by atoms with Gasteiger partial charge in [-0.15, -0.1) is 0 Å². The normalized spacial score (nSPS) is 15.3. The first kappa shape index (κ1) is 17.7. The van der Waals surface area contributed by atoms with Crippen LogP contribution in [0.25, 0.3) is 0 Å². The summed E-state index contributed by atoms with van der Waals surface area (Å²) in [5.74, 6) is -5.40. The number of alkyl halides is 5. The molecule has 1 nitrogen and oxygen atoms in total. The van der Waals surface area contributed by atoms with Crippen LogP contribution in [-0.2, 0) is 5.60 Å². The van der Waals surface area contributed by atoms with Crippen molar-refractivity contribution in [3.05, 3.63) is 70.2 Å². The Hall–Kier alpha value is -1.66.